The van der Waals surface area contributed by atoms with Gasteiger partial charge < -0.3 is 15.6 Å². The van der Waals surface area contributed by atoms with Crippen molar-refractivity contribution < 1.29 is 9.90 Å². The number of nitrogens with two attached hydrogens (primary N) is 1. The van der Waals surface area contributed by atoms with Crippen LogP contribution in [0.5, 0.6) is 0 Å². The molecule has 0 heterocycles. The van der Waals surface area contributed by atoms with E-state index in [1.807, 2.05) is 32.0 Å². The summed E-state index contributed by atoms with van der Waals surface area (Å²) in [4.78, 5) is 10.4. The molecule has 0 saturated carbocycles. The molecule has 0 aromatic heterocycles. The lowest BCUT2D eigenvalue weighted by molar-refractivity contribution is -0.306. The number of carboxylic acid groups (broad SMARTS) is 1. The van der Waals surface area contributed by atoms with Crippen LogP contribution in [0.15, 0.2) is 18.2 Å². The maximum atomic E-state index is 10.4. The van der Waals surface area contributed by atoms with Crippen LogP contribution in [0.25, 0.3) is 0 Å². The van der Waals surface area contributed by atoms with Gasteiger partial charge in [0.25, 0.3) is 0 Å². The standard InChI is InChI=1S/C11H15NO2/c1-7(6-11(13)14)9-4-3-5-10(12)8(9)2/h3-5,7H,6,12H2,1-2H3,(H,13,14)/p-1. The van der Waals surface area contributed by atoms with Crippen molar-refractivity contribution in [2.75, 3.05) is 5.73 Å². The predicted octanol–water partition coefficient (Wildman–Crippen LogP) is 0.821. The molecule has 0 amide bonds. The van der Waals surface area contributed by atoms with E-state index in [9.17, 15) is 9.90 Å². The SMILES string of the molecule is Cc1c(N)cccc1C(C)CC(=O)[O-]. The average Bonchev–Trinajstić information content (AvgIpc) is 2.08. The lowest BCUT2D eigenvalue weighted by Gasteiger charge is -2.16. The first kappa shape index (κ1) is 10.6. The van der Waals surface area contributed by atoms with Crippen LogP contribution in [0.4, 0.5) is 5.69 Å². The van der Waals surface area contributed by atoms with Gasteiger partial charge in [-0.1, -0.05) is 19.1 Å². The summed E-state index contributed by atoms with van der Waals surface area (Å²) in [7, 11) is 0. The molecule has 0 fully saturated rings. The fourth-order valence-corrected chi connectivity index (χ4v) is 1.57. The number of hydrogen-bond acceptors (Lipinski definition) is 3. The number of rotatable bonds is 3. The molecule has 76 valence electrons. The Morgan fingerprint density at radius 1 is 1.57 bits per heavy atom. The van der Waals surface area contributed by atoms with E-state index in [-0.39, 0.29) is 12.3 Å². The van der Waals surface area contributed by atoms with Crippen LogP contribution in [0, 0.1) is 6.92 Å². The predicted molar refractivity (Wildman–Crippen MR) is 53.6 cm³/mol. The molecule has 3 nitrogen and oxygen atoms in total. The van der Waals surface area contributed by atoms with E-state index < -0.39 is 5.97 Å². The molecule has 0 aliphatic carbocycles. The highest BCUT2D eigenvalue weighted by Crippen LogP contribution is 2.25. The van der Waals surface area contributed by atoms with E-state index in [4.69, 9.17) is 5.73 Å². The van der Waals surface area contributed by atoms with Crippen LogP contribution in [-0.4, -0.2) is 5.97 Å². The zero-order valence-electron chi connectivity index (χ0n) is 8.41. The summed E-state index contributed by atoms with van der Waals surface area (Å²) in [6, 6.07) is 5.55. The molecule has 0 bridgehead atoms. The van der Waals surface area contributed by atoms with Gasteiger partial charge in [0, 0.05) is 11.7 Å². The number of carbonyl (C=O) groups is 1. The van der Waals surface area contributed by atoms with E-state index in [1.165, 1.54) is 0 Å². The molecular weight excluding hydrogens is 178 g/mol. The van der Waals surface area contributed by atoms with Gasteiger partial charge in [0.15, 0.2) is 0 Å². The van der Waals surface area contributed by atoms with Gasteiger partial charge in [-0.25, -0.2) is 0 Å². The molecular formula is C11H14NO2-. The molecule has 0 aliphatic rings. The fourth-order valence-electron chi connectivity index (χ4n) is 1.57. The summed E-state index contributed by atoms with van der Waals surface area (Å²) in [6.45, 7) is 3.76. The van der Waals surface area contributed by atoms with Crippen LogP contribution in [0.3, 0.4) is 0 Å². The topological polar surface area (TPSA) is 66.2 Å². The maximum Gasteiger partial charge on any atom is 0.0420 e. The summed E-state index contributed by atoms with van der Waals surface area (Å²) < 4.78 is 0. The van der Waals surface area contributed by atoms with Gasteiger partial charge in [-0.05, 0) is 36.5 Å². The lowest BCUT2D eigenvalue weighted by Crippen LogP contribution is -2.24. The summed E-state index contributed by atoms with van der Waals surface area (Å²) in [5.74, 6) is -1.08. The summed E-state index contributed by atoms with van der Waals surface area (Å²) in [6.07, 6.45) is 0.0320. The highest BCUT2D eigenvalue weighted by atomic mass is 16.4. The zero-order chi connectivity index (χ0) is 10.7. The number of hydrogen-bond donors (Lipinski definition) is 1. The third-order valence-electron chi connectivity index (χ3n) is 2.42. The number of carboxylic acids is 1. The number of aliphatic carboxylic acids is 1. The Kier molecular flexibility index (Phi) is 3.12. The Morgan fingerprint density at radius 2 is 2.21 bits per heavy atom. The van der Waals surface area contributed by atoms with Crippen molar-refractivity contribution in [3.63, 3.8) is 0 Å². The Hall–Kier alpha value is -1.51. The minimum atomic E-state index is -1.03. The molecule has 3 heteroatoms. The number of anilines is 1. The van der Waals surface area contributed by atoms with E-state index in [0.717, 1.165) is 11.1 Å². The Labute approximate surface area is 83.6 Å². The largest absolute Gasteiger partial charge is 0.550 e. The van der Waals surface area contributed by atoms with Gasteiger partial charge in [-0.3, -0.25) is 0 Å². The van der Waals surface area contributed by atoms with Crippen LogP contribution in [0.2, 0.25) is 0 Å². The van der Waals surface area contributed by atoms with Gasteiger partial charge in [0.2, 0.25) is 0 Å². The van der Waals surface area contributed by atoms with Gasteiger partial charge in [-0.2, -0.15) is 0 Å². The van der Waals surface area contributed by atoms with Crippen LogP contribution in [-0.2, 0) is 4.79 Å². The average molecular weight is 192 g/mol. The van der Waals surface area contributed by atoms with Crippen LogP contribution in [0.1, 0.15) is 30.4 Å². The molecule has 2 N–H and O–H groups in total. The Bertz CT molecular complexity index is 347. The summed E-state index contributed by atoms with van der Waals surface area (Å²) in [5, 5.41) is 10.4. The number of benzene rings is 1. The molecule has 0 spiro atoms. The second-order valence-electron chi connectivity index (χ2n) is 3.54. The highest BCUT2D eigenvalue weighted by Gasteiger charge is 2.09. The third kappa shape index (κ3) is 2.25. The first-order chi connectivity index (χ1) is 6.52. The molecule has 1 rings (SSSR count). The fraction of sp³-hybridized carbons (Fsp3) is 0.364. The van der Waals surface area contributed by atoms with Crippen LogP contribution >= 0.6 is 0 Å². The van der Waals surface area contributed by atoms with E-state index >= 15 is 0 Å². The first-order valence-electron chi connectivity index (χ1n) is 4.57. The molecule has 1 aromatic carbocycles. The summed E-state index contributed by atoms with van der Waals surface area (Å²) >= 11 is 0. The van der Waals surface area contributed by atoms with Gasteiger partial charge in [0.05, 0.1) is 0 Å². The van der Waals surface area contributed by atoms with E-state index in [1.54, 1.807) is 0 Å². The van der Waals surface area contributed by atoms with Gasteiger partial charge in [-0.15, -0.1) is 0 Å². The minimum absolute atomic E-state index is 0.0320. The second kappa shape index (κ2) is 4.13. The van der Waals surface area contributed by atoms with Crippen molar-refractivity contribution in [1.29, 1.82) is 0 Å². The minimum Gasteiger partial charge on any atom is -0.550 e. The smallest absolute Gasteiger partial charge is 0.0420 e. The van der Waals surface area contributed by atoms with Crippen LogP contribution < -0.4 is 10.8 Å². The van der Waals surface area contributed by atoms with Gasteiger partial charge >= 0.3 is 0 Å². The first-order valence-corrected chi connectivity index (χ1v) is 4.57. The molecule has 1 atom stereocenters. The normalized spacial score (nSPS) is 12.4. The summed E-state index contributed by atoms with van der Waals surface area (Å²) in [5.41, 5.74) is 8.37. The van der Waals surface area contributed by atoms with Crippen molar-refractivity contribution in [2.24, 2.45) is 0 Å². The van der Waals surface area contributed by atoms with E-state index in [2.05, 4.69) is 0 Å². The molecule has 0 saturated heterocycles. The van der Waals surface area contributed by atoms with Crippen molar-refractivity contribution in [2.45, 2.75) is 26.2 Å². The number of carbonyl (C=O) groups excluding carboxylic acids is 1. The van der Waals surface area contributed by atoms with Crippen molar-refractivity contribution in [3.05, 3.63) is 29.3 Å². The van der Waals surface area contributed by atoms with Gasteiger partial charge in [0.1, 0.15) is 0 Å². The number of nitrogen functional groups attached to an aromatic ring is 1. The third-order valence-corrected chi connectivity index (χ3v) is 2.42. The van der Waals surface area contributed by atoms with E-state index in [0.29, 0.717) is 5.69 Å². The molecule has 1 unspecified atom stereocenters. The molecule has 0 aliphatic heterocycles. The molecule has 14 heavy (non-hydrogen) atoms. The molecule has 1 aromatic rings. The maximum absolute atomic E-state index is 10.4. The van der Waals surface area contributed by atoms with Crippen molar-refractivity contribution in [1.82, 2.24) is 0 Å². The zero-order valence-corrected chi connectivity index (χ0v) is 8.41. The van der Waals surface area contributed by atoms with Crippen molar-refractivity contribution >= 4 is 11.7 Å². The quantitative estimate of drug-likeness (QED) is 0.721. The monoisotopic (exact) mass is 192 g/mol. The Morgan fingerprint density at radius 3 is 2.79 bits per heavy atom. The second-order valence-corrected chi connectivity index (χ2v) is 3.54. The van der Waals surface area contributed by atoms with Crippen molar-refractivity contribution in [3.8, 4) is 0 Å². The Balaban J connectivity index is 2.95. The molecule has 0 radical (unpaired) electrons. The lowest BCUT2D eigenvalue weighted by atomic mass is 9.93. The highest BCUT2D eigenvalue weighted by molar-refractivity contribution is 5.66.